The molecule has 0 N–H and O–H groups in total. The van der Waals surface area contributed by atoms with E-state index in [-0.39, 0.29) is 11.8 Å². The summed E-state index contributed by atoms with van der Waals surface area (Å²) < 4.78 is 0. The van der Waals surface area contributed by atoms with Crippen LogP contribution in [0, 0.1) is 0 Å². The number of anilines is 1. The summed E-state index contributed by atoms with van der Waals surface area (Å²) in [6.45, 7) is 2.42. The first-order valence-electron chi connectivity index (χ1n) is 8.47. The van der Waals surface area contributed by atoms with E-state index < -0.39 is 12.1 Å². The minimum Gasteiger partial charge on any atom is -0.271 e. The van der Waals surface area contributed by atoms with Crippen molar-refractivity contribution in [2.45, 2.75) is 32.0 Å². The van der Waals surface area contributed by atoms with Crippen molar-refractivity contribution in [1.82, 2.24) is 5.01 Å². The number of aryl methyl sites for hydroxylation is 1. The number of fused-ring (bicyclic) bond motifs is 1. The van der Waals surface area contributed by atoms with Crippen LogP contribution in [-0.4, -0.2) is 28.9 Å². The Bertz CT molecular complexity index is 897. The standard InChI is InChI=1S/C19H17ClN4O2/c1-2-12-6-8-15(9-7-12)24-18(25)16-17(19(24)26)23(22-21-16)11-13-4-3-5-14(20)10-13/h3-10,16-17H,2,11H2,1H3/t16-,17+/m0/s1. The molecule has 2 heterocycles. The Morgan fingerprint density at radius 3 is 2.50 bits per heavy atom. The van der Waals surface area contributed by atoms with E-state index in [2.05, 4.69) is 17.3 Å². The van der Waals surface area contributed by atoms with Gasteiger partial charge in [-0.05, 0) is 41.8 Å². The fourth-order valence-electron chi connectivity index (χ4n) is 3.31. The number of imide groups is 1. The Morgan fingerprint density at radius 1 is 1.04 bits per heavy atom. The monoisotopic (exact) mass is 368 g/mol. The molecule has 4 rings (SSSR count). The molecule has 1 saturated heterocycles. The number of nitrogens with zero attached hydrogens (tertiary/aromatic N) is 4. The Balaban J connectivity index is 1.58. The van der Waals surface area contributed by atoms with E-state index >= 15 is 0 Å². The third kappa shape index (κ3) is 2.76. The van der Waals surface area contributed by atoms with Gasteiger partial charge in [0.2, 0.25) is 0 Å². The fraction of sp³-hybridized carbons (Fsp3) is 0.263. The van der Waals surface area contributed by atoms with Gasteiger partial charge in [0, 0.05) is 5.02 Å². The normalized spacial score (nSPS) is 21.6. The third-order valence-corrected chi connectivity index (χ3v) is 4.93. The molecule has 132 valence electrons. The largest absolute Gasteiger partial charge is 0.271 e. The van der Waals surface area contributed by atoms with E-state index in [9.17, 15) is 9.59 Å². The highest BCUT2D eigenvalue weighted by molar-refractivity contribution is 6.30. The molecule has 0 aliphatic carbocycles. The average Bonchev–Trinajstić information content (AvgIpc) is 3.16. The van der Waals surface area contributed by atoms with E-state index in [4.69, 9.17) is 11.6 Å². The molecule has 2 aliphatic heterocycles. The van der Waals surface area contributed by atoms with Gasteiger partial charge in [-0.1, -0.05) is 48.0 Å². The van der Waals surface area contributed by atoms with Crippen molar-refractivity contribution in [1.29, 1.82) is 0 Å². The molecule has 2 aromatic rings. The smallest absolute Gasteiger partial charge is 0.263 e. The summed E-state index contributed by atoms with van der Waals surface area (Å²) in [4.78, 5) is 26.9. The highest BCUT2D eigenvalue weighted by atomic mass is 35.5. The average molecular weight is 369 g/mol. The topological polar surface area (TPSA) is 65.3 Å². The molecule has 2 aliphatic rings. The highest BCUT2D eigenvalue weighted by Gasteiger charge is 2.54. The second kappa shape index (κ2) is 6.53. The zero-order chi connectivity index (χ0) is 18.3. The van der Waals surface area contributed by atoms with Gasteiger partial charge in [0.25, 0.3) is 11.8 Å². The quantitative estimate of drug-likeness (QED) is 0.777. The number of hydrogen-bond acceptors (Lipinski definition) is 5. The second-order valence-corrected chi connectivity index (χ2v) is 6.79. The van der Waals surface area contributed by atoms with Crippen LogP contribution in [0.1, 0.15) is 18.1 Å². The Morgan fingerprint density at radius 2 is 1.81 bits per heavy atom. The van der Waals surface area contributed by atoms with Crippen LogP contribution in [0.15, 0.2) is 58.9 Å². The van der Waals surface area contributed by atoms with Gasteiger partial charge < -0.3 is 0 Å². The molecular formula is C19H17ClN4O2. The maximum atomic E-state index is 12.9. The molecule has 0 unspecified atom stereocenters. The zero-order valence-corrected chi connectivity index (χ0v) is 14.9. The first-order valence-corrected chi connectivity index (χ1v) is 8.85. The van der Waals surface area contributed by atoms with Crippen LogP contribution in [0.2, 0.25) is 5.02 Å². The SMILES string of the molecule is CCc1ccc(N2C(=O)[C@H]3N=NN(Cc4cccc(Cl)c4)[C@H]3C2=O)cc1. The molecule has 2 aromatic carbocycles. The second-order valence-electron chi connectivity index (χ2n) is 6.35. The van der Waals surface area contributed by atoms with Gasteiger partial charge in [-0.2, -0.15) is 5.11 Å². The van der Waals surface area contributed by atoms with Crippen molar-refractivity contribution in [3.8, 4) is 0 Å². The number of hydrogen-bond donors (Lipinski definition) is 0. The van der Waals surface area contributed by atoms with Gasteiger partial charge >= 0.3 is 0 Å². The number of amides is 2. The minimum atomic E-state index is -0.785. The van der Waals surface area contributed by atoms with Gasteiger partial charge in [-0.15, -0.1) is 0 Å². The molecule has 0 saturated carbocycles. The minimum absolute atomic E-state index is 0.295. The van der Waals surface area contributed by atoms with Gasteiger partial charge in [0.05, 0.1) is 12.2 Å². The highest BCUT2D eigenvalue weighted by Crippen LogP contribution is 2.33. The summed E-state index contributed by atoms with van der Waals surface area (Å²) >= 11 is 6.02. The summed E-state index contributed by atoms with van der Waals surface area (Å²) in [6.07, 6.45) is 0.898. The van der Waals surface area contributed by atoms with Crippen molar-refractivity contribution in [2.75, 3.05) is 4.90 Å². The van der Waals surface area contributed by atoms with Gasteiger partial charge in [-0.25, -0.2) is 4.90 Å². The Kier molecular flexibility index (Phi) is 4.20. The number of carbonyl (C=O) groups is 2. The van der Waals surface area contributed by atoms with Crippen molar-refractivity contribution in [3.63, 3.8) is 0 Å². The molecule has 2 atom stereocenters. The van der Waals surface area contributed by atoms with Crippen LogP contribution >= 0.6 is 11.6 Å². The fourth-order valence-corrected chi connectivity index (χ4v) is 3.52. The Labute approximate surface area is 156 Å². The van der Waals surface area contributed by atoms with Gasteiger partial charge in [-0.3, -0.25) is 14.6 Å². The summed E-state index contributed by atoms with van der Waals surface area (Å²) in [6, 6.07) is 13.3. The molecule has 26 heavy (non-hydrogen) atoms. The lowest BCUT2D eigenvalue weighted by atomic mass is 10.1. The van der Waals surface area contributed by atoms with Crippen molar-refractivity contribution in [2.24, 2.45) is 10.3 Å². The molecule has 2 amide bonds. The van der Waals surface area contributed by atoms with Crippen LogP contribution < -0.4 is 4.90 Å². The lowest BCUT2D eigenvalue weighted by Crippen LogP contribution is -2.39. The van der Waals surface area contributed by atoms with Crippen LogP contribution in [0.4, 0.5) is 5.69 Å². The van der Waals surface area contributed by atoms with Crippen LogP contribution in [-0.2, 0) is 22.6 Å². The maximum absolute atomic E-state index is 12.9. The van der Waals surface area contributed by atoms with Gasteiger partial charge in [0.1, 0.15) is 0 Å². The zero-order valence-electron chi connectivity index (χ0n) is 14.2. The first-order chi connectivity index (χ1) is 12.6. The van der Waals surface area contributed by atoms with Crippen LogP contribution in [0.25, 0.3) is 0 Å². The molecule has 1 fully saturated rings. The number of carbonyl (C=O) groups excluding carboxylic acids is 2. The number of rotatable bonds is 4. The summed E-state index contributed by atoms with van der Waals surface area (Å²) in [5, 5.41) is 10.3. The van der Waals surface area contributed by atoms with E-state index in [1.54, 1.807) is 23.2 Å². The van der Waals surface area contributed by atoms with Crippen LogP contribution in [0.3, 0.4) is 0 Å². The maximum Gasteiger partial charge on any atom is 0.263 e. The number of benzene rings is 2. The lowest BCUT2D eigenvalue weighted by Gasteiger charge is -2.20. The van der Waals surface area contributed by atoms with Gasteiger partial charge in [0.15, 0.2) is 12.1 Å². The molecule has 0 radical (unpaired) electrons. The molecule has 6 nitrogen and oxygen atoms in total. The summed E-state index contributed by atoms with van der Waals surface area (Å²) in [7, 11) is 0. The molecule has 0 spiro atoms. The van der Waals surface area contributed by atoms with Crippen molar-refractivity contribution >= 4 is 29.1 Å². The first kappa shape index (κ1) is 16.7. The summed E-state index contributed by atoms with van der Waals surface area (Å²) in [5.41, 5.74) is 2.63. The molecule has 7 heteroatoms. The number of halogens is 1. The Hall–Kier alpha value is -2.73. The van der Waals surface area contributed by atoms with Crippen molar-refractivity contribution in [3.05, 3.63) is 64.7 Å². The third-order valence-electron chi connectivity index (χ3n) is 4.69. The van der Waals surface area contributed by atoms with E-state index in [1.807, 2.05) is 30.3 Å². The van der Waals surface area contributed by atoms with E-state index in [0.29, 0.717) is 17.3 Å². The van der Waals surface area contributed by atoms with Crippen molar-refractivity contribution < 1.29 is 9.59 Å². The lowest BCUT2D eigenvalue weighted by molar-refractivity contribution is -0.123. The van der Waals surface area contributed by atoms with Crippen LogP contribution in [0.5, 0.6) is 0 Å². The van der Waals surface area contributed by atoms with E-state index in [0.717, 1.165) is 17.5 Å². The summed E-state index contributed by atoms with van der Waals surface area (Å²) in [5.74, 6) is -0.627. The molecular weight excluding hydrogens is 352 g/mol. The van der Waals surface area contributed by atoms with E-state index in [1.165, 1.54) is 4.90 Å². The predicted octanol–water partition coefficient (Wildman–Crippen LogP) is 3.40. The predicted molar refractivity (Wildman–Crippen MR) is 97.7 cm³/mol. The molecule has 0 aromatic heterocycles. The molecule has 0 bridgehead atoms.